The van der Waals surface area contributed by atoms with E-state index < -0.39 is 29.0 Å². The van der Waals surface area contributed by atoms with Crippen LogP contribution in [0.5, 0.6) is 0 Å². The summed E-state index contributed by atoms with van der Waals surface area (Å²) in [4.78, 5) is 25.6. The summed E-state index contributed by atoms with van der Waals surface area (Å²) in [6.45, 7) is 0. The first kappa shape index (κ1) is 16.1. The van der Waals surface area contributed by atoms with Crippen molar-refractivity contribution in [2.24, 2.45) is 0 Å². The molecule has 3 N–H and O–H groups in total. The van der Waals surface area contributed by atoms with Gasteiger partial charge in [0.05, 0.1) is 11.6 Å². The predicted molar refractivity (Wildman–Crippen MR) is 81.7 cm³/mol. The fraction of sp³-hybridized carbons (Fsp3) is 0.250. The van der Waals surface area contributed by atoms with Crippen LogP contribution in [-0.2, 0) is 12.6 Å². The number of rotatable bonds is 2. The molecule has 0 unspecified atom stereocenters. The molecule has 24 heavy (non-hydrogen) atoms. The average Bonchev–Trinajstić information content (AvgIpc) is 2.91. The highest BCUT2D eigenvalue weighted by molar-refractivity contribution is 5.89. The van der Waals surface area contributed by atoms with Crippen molar-refractivity contribution in [2.45, 2.75) is 25.1 Å². The van der Waals surface area contributed by atoms with Crippen LogP contribution in [0.4, 0.5) is 23.7 Å². The van der Waals surface area contributed by atoms with Crippen molar-refractivity contribution in [1.29, 1.82) is 0 Å². The fourth-order valence-electron chi connectivity index (χ4n) is 2.76. The number of anilines is 1. The first-order valence-corrected chi connectivity index (χ1v) is 7.30. The van der Waals surface area contributed by atoms with E-state index in [1.807, 2.05) is 29.2 Å². The second kappa shape index (κ2) is 6.03. The molecule has 126 valence electrons. The number of H-pyrrole nitrogens is 1. The van der Waals surface area contributed by atoms with Crippen LogP contribution in [0, 0.1) is 0 Å². The Kier molecular flexibility index (Phi) is 4.04. The lowest BCUT2D eigenvalue weighted by molar-refractivity contribution is -0.137. The molecule has 1 atom stereocenters. The number of carbonyl (C=O) groups is 1. The quantitative estimate of drug-likeness (QED) is 0.787. The summed E-state index contributed by atoms with van der Waals surface area (Å²) in [6, 6.07) is 7.28. The normalized spacial score (nSPS) is 16.5. The number of aromatic amines is 1. The Morgan fingerprint density at radius 2 is 2.00 bits per heavy atom. The molecule has 2 amide bonds. The number of benzene rings is 1. The van der Waals surface area contributed by atoms with Gasteiger partial charge in [-0.25, -0.2) is 4.79 Å². The topological polar surface area (TPSA) is 74.0 Å². The van der Waals surface area contributed by atoms with Gasteiger partial charge in [0.25, 0.3) is 5.56 Å². The van der Waals surface area contributed by atoms with Gasteiger partial charge >= 0.3 is 12.2 Å². The average molecular weight is 337 g/mol. The van der Waals surface area contributed by atoms with Crippen molar-refractivity contribution >= 4 is 11.7 Å². The molecule has 0 saturated heterocycles. The summed E-state index contributed by atoms with van der Waals surface area (Å²) >= 11 is 0. The molecule has 0 aliphatic heterocycles. The zero-order chi connectivity index (χ0) is 17.3. The van der Waals surface area contributed by atoms with Crippen molar-refractivity contribution < 1.29 is 18.0 Å². The molecule has 5 nitrogen and oxygen atoms in total. The third kappa shape index (κ3) is 3.27. The molecule has 1 aliphatic rings. The Bertz CT molecular complexity index is 830. The highest BCUT2D eigenvalue weighted by Gasteiger charge is 2.31. The van der Waals surface area contributed by atoms with E-state index in [0.717, 1.165) is 17.5 Å². The highest BCUT2D eigenvalue weighted by atomic mass is 19.4. The summed E-state index contributed by atoms with van der Waals surface area (Å²) < 4.78 is 38.0. The predicted octanol–water partition coefficient (Wildman–Crippen LogP) is 3.20. The first-order valence-electron chi connectivity index (χ1n) is 7.30. The van der Waals surface area contributed by atoms with Gasteiger partial charge in [-0.2, -0.15) is 13.2 Å². The zero-order valence-electron chi connectivity index (χ0n) is 12.4. The molecule has 1 aromatic carbocycles. The molecule has 1 heterocycles. The monoisotopic (exact) mass is 337 g/mol. The minimum atomic E-state index is -4.61. The summed E-state index contributed by atoms with van der Waals surface area (Å²) in [7, 11) is 0. The van der Waals surface area contributed by atoms with Gasteiger partial charge in [-0.15, -0.1) is 0 Å². The van der Waals surface area contributed by atoms with Gasteiger partial charge in [0.1, 0.15) is 5.69 Å². The maximum atomic E-state index is 12.7. The van der Waals surface area contributed by atoms with E-state index in [2.05, 4.69) is 10.6 Å². The standard InChI is InChI=1S/C16H14F3N3O2/c17-16(18,19)10-7-13(14(23)20-8-10)22-15(24)21-12-6-5-9-3-1-2-4-11(9)12/h1-4,7-8,12H,5-6H2,(H,20,23)(H2,21,22,24)/t12-/m0/s1. The number of aromatic nitrogens is 1. The van der Waals surface area contributed by atoms with E-state index in [0.29, 0.717) is 18.7 Å². The van der Waals surface area contributed by atoms with E-state index in [1.54, 1.807) is 0 Å². The number of fused-ring (bicyclic) bond motifs is 1. The number of alkyl halides is 3. The third-order valence-electron chi connectivity index (χ3n) is 3.92. The number of aryl methyl sites for hydroxylation is 1. The summed E-state index contributed by atoms with van der Waals surface area (Å²) in [5.41, 5.74) is -0.187. The summed E-state index contributed by atoms with van der Waals surface area (Å²) in [5.74, 6) is 0. The largest absolute Gasteiger partial charge is 0.417 e. The number of hydrogen-bond donors (Lipinski definition) is 3. The number of carbonyl (C=O) groups excluding carboxylic acids is 1. The molecule has 0 fully saturated rings. The van der Waals surface area contributed by atoms with Crippen LogP contribution in [0.15, 0.2) is 41.3 Å². The molecule has 1 aliphatic carbocycles. The number of hydrogen-bond acceptors (Lipinski definition) is 2. The van der Waals surface area contributed by atoms with Crippen LogP contribution in [-0.4, -0.2) is 11.0 Å². The van der Waals surface area contributed by atoms with E-state index in [1.165, 1.54) is 0 Å². The van der Waals surface area contributed by atoms with Gasteiger partial charge < -0.3 is 15.6 Å². The summed E-state index contributed by atoms with van der Waals surface area (Å²) in [5, 5.41) is 4.87. The fourth-order valence-corrected chi connectivity index (χ4v) is 2.76. The zero-order valence-corrected chi connectivity index (χ0v) is 12.4. The molecule has 2 aromatic rings. The van der Waals surface area contributed by atoms with E-state index in [9.17, 15) is 22.8 Å². The highest BCUT2D eigenvalue weighted by Crippen LogP contribution is 2.31. The van der Waals surface area contributed by atoms with Crippen molar-refractivity contribution in [3.05, 3.63) is 63.6 Å². The minimum absolute atomic E-state index is 0.230. The number of halogens is 3. The second-order valence-corrected chi connectivity index (χ2v) is 5.52. The SMILES string of the molecule is O=C(Nc1cc(C(F)(F)F)c[nH]c1=O)N[C@H]1CCc2ccccc21. The molecule has 3 rings (SSSR count). The van der Waals surface area contributed by atoms with Crippen LogP contribution in [0.2, 0.25) is 0 Å². The molecule has 1 aromatic heterocycles. The van der Waals surface area contributed by atoms with Gasteiger partial charge in [0, 0.05) is 6.20 Å². The minimum Gasteiger partial charge on any atom is -0.331 e. The molecule has 0 spiro atoms. The Labute approximate surface area is 134 Å². The van der Waals surface area contributed by atoms with Crippen LogP contribution in [0.3, 0.4) is 0 Å². The third-order valence-corrected chi connectivity index (χ3v) is 3.92. The Balaban J connectivity index is 1.73. The van der Waals surface area contributed by atoms with Crippen LogP contribution >= 0.6 is 0 Å². The lowest BCUT2D eigenvalue weighted by Gasteiger charge is -2.15. The lowest BCUT2D eigenvalue weighted by Crippen LogP contribution is -2.33. The second-order valence-electron chi connectivity index (χ2n) is 5.52. The molecular formula is C16H14F3N3O2. The molecule has 0 radical (unpaired) electrons. The molecule has 0 bridgehead atoms. The molecule has 8 heteroatoms. The maximum absolute atomic E-state index is 12.7. The van der Waals surface area contributed by atoms with Crippen molar-refractivity contribution in [2.75, 3.05) is 5.32 Å². The van der Waals surface area contributed by atoms with Gasteiger partial charge in [-0.3, -0.25) is 4.79 Å². The van der Waals surface area contributed by atoms with Gasteiger partial charge in [0.15, 0.2) is 0 Å². The van der Waals surface area contributed by atoms with Gasteiger partial charge in [-0.1, -0.05) is 24.3 Å². The Morgan fingerprint density at radius 1 is 1.25 bits per heavy atom. The Hall–Kier alpha value is -2.77. The van der Waals surface area contributed by atoms with Crippen LogP contribution in [0.25, 0.3) is 0 Å². The van der Waals surface area contributed by atoms with Crippen LogP contribution < -0.4 is 16.2 Å². The van der Waals surface area contributed by atoms with Gasteiger partial charge in [-0.05, 0) is 30.0 Å². The van der Waals surface area contributed by atoms with Crippen molar-refractivity contribution in [3.63, 3.8) is 0 Å². The lowest BCUT2D eigenvalue weighted by atomic mass is 10.1. The number of nitrogens with one attached hydrogen (secondary N) is 3. The number of amides is 2. The smallest absolute Gasteiger partial charge is 0.331 e. The maximum Gasteiger partial charge on any atom is 0.417 e. The summed E-state index contributed by atoms with van der Waals surface area (Å²) in [6.07, 6.45) is -2.53. The van der Waals surface area contributed by atoms with E-state index in [-0.39, 0.29) is 6.04 Å². The molecular weight excluding hydrogens is 323 g/mol. The van der Waals surface area contributed by atoms with Gasteiger partial charge in [0.2, 0.25) is 0 Å². The van der Waals surface area contributed by atoms with E-state index in [4.69, 9.17) is 0 Å². The van der Waals surface area contributed by atoms with E-state index >= 15 is 0 Å². The van der Waals surface area contributed by atoms with Crippen molar-refractivity contribution in [1.82, 2.24) is 10.3 Å². The Morgan fingerprint density at radius 3 is 2.75 bits per heavy atom. The number of pyridine rings is 1. The van der Waals surface area contributed by atoms with Crippen LogP contribution in [0.1, 0.15) is 29.2 Å². The van der Waals surface area contributed by atoms with Crippen molar-refractivity contribution in [3.8, 4) is 0 Å². The molecule has 0 saturated carbocycles. The number of urea groups is 1. The first-order chi connectivity index (χ1) is 11.3.